The summed E-state index contributed by atoms with van der Waals surface area (Å²) in [5.41, 5.74) is 4.40. The quantitative estimate of drug-likeness (QED) is 0.459. The molecule has 9 nitrogen and oxygen atoms in total. The SMILES string of the molecule is CCN(CC)Cc1ccc(C(=O)NNC(=O)[C@@H](NS(=O)(=O)c2ccccc2F)C(C)C)o1. The Labute approximate surface area is 187 Å². The maximum Gasteiger partial charge on any atom is 0.305 e. The number of nitrogens with zero attached hydrogens (tertiary/aromatic N) is 1. The first kappa shape index (κ1) is 25.5. The highest BCUT2D eigenvalue weighted by atomic mass is 32.2. The molecule has 2 aromatic rings. The molecule has 0 spiro atoms. The molecule has 32 heavy (non-hydrogen) atoms. The van der Waals surface area contributed by atoms with E-state index < -0.39 is 44.5 Å². The van der Waals surface area contributed by atoms with Crippen LogP contribution in [0.2, 0.25) is 0 Å². The number of carbonyl (C=O) groups is 2. The monoisotopic (exact) mass is 468 g/mol. The molecule has 3 N–H and O–H groups in total. The average molecular weight is 469 g/mol. The molecule has 0 radical (unpaired) electrons. The summed E-state index contributed by atoms with van der Waals surface area (Å²) in [6.07, 6.45) is 0. The molecule has 176 valence electrons. The number of hydrazine groups is 1. The zero-order valence-corrected chi connectivity index (χ0v) is 19.3. The molecule has 2 rings (SSSR count). The predicted molar refractivity (Wildman–Crippen MR) is 116 cm³/mol. The maximum atomic E-state index is 13.9. The highest BCUT2D eigenvalue weighted by Crippen LogP contribution is 2.15. The second kappa shape index (κ2) is 11.2. The fourth-order valence-electron chi connectivity index (χ4n) is 2.90. The van der Waals surface area contributed by atoms with Gasteiger partial charge < -0.3 is 4.42 Å². The normalized spacial score (nSPS) is 12.7. The van der Waals surface area contributed by atoms with E-state index in [4.69, 9.17) is 4.42 Å². The van der Waals surface area contributed by atoms with Crippen LogP contribution in [0, 0.1) is 11.7 Å². The van der Waals surface area contributed by atoms with Gasteiger partial charge in [-0.05, 0) is 43.3 Å². The summed E-state index contributed by atoms with van der Waals surface area (Å²) in [5.74, 6) is -2.32. The van der Waals surface area contributed by atoms with Crippen molar-refractivity contribution in [1.29, 1.82) is 0 Å². The number of benzene rings is 1. The number of halogens is 1. The van der Waals surface area contributed by atoms with E-state index in [1.165, 1.54) is 18.2 Å². The van der Waals surface area contributed by atoms with E-state index >= 15 is 0 Å². The minimum Gasteiger partial charge on any atom is -0.454 e. The van der Waals surface area contributed by atoms with Gasteiger partial charge in [0.2, 0.25) is 10.0 Å². The van der Waals surface area contributed by atoms with Gasteiger partial charge in [0.15, 0.2) is 5.76 Å². The third-order valence-corrected chi connectivity index (χ3v) is 6.29. The van der Waals surface area contributed by atoms with Crippen LogP contribution in [-0.2, 0) is 21.4 Å². The first-order chi connectivity index (χ1) is 15.1. The number of carbonyl (C=O) groups excluding carboxylic acids is 2. The number of amides is 2. The van der Waals surface area contributed by atoms with Crippen molar-refractivity contribution >= 4 is 21.8 Å². The van der Waals surface area contributed by atoms with Gasteiger partial charge in [0.25, 0.3) is 5.91 Å². The molecule has 0 aliphatic carbocycles. The molecule has 1 heterocycles. The van der Waals surface area contributed by atoms with Crippen LogP contribution in [0.1, 0.15) is 44.0 Å². The van der Waals surface area contributed by atoms with Crippen LogP contribution < -0.4 is 15.6 Å². The molecule has 1 aromatic carbocycles. The van der Waals surface area contributed by atoms with Gasteiger partial charge in [-0.2, -0.15) is 4.72 Å². The summed E-state index contributed by atoms with van der Waals surface area (Å²) in [7, 11) is -4.31. The van der Waals surface area contributed by atoms with Gasteiger partial charge in [-0.1, -0.05) is 39.8 Å². The molecular weight excluding hydrogens is 439 g/mol. The van der Waals surface area contributed by atoms with Crippen LogP contribution in [-0.4, -0.2) is 44.3 Å². The molecule has 0 saturated carbocycles. The summed E-state index contributed by atoms with van der Waals surface area (Å²) < 4.78 is 46.7. The van der Waals surface area contributed by atoms with Gasteiger partial charge in [-0.3, -0.25) is 25.3 Å². The first-order valence-electron chi connectivity index (χ1n) is 10.3. The van der Waals surface area contributed by atoms with E-state index in [0.717, 1.165) is 25.2 Å². The summed E-state index contributed by atoms with van der Waals surface area (Å²) in [5, 5.41) is 0. The van der Waals surface area contributed by atoms with Crippen LogP contribution in [0.15, 0.2) is 45.7 Å². The van der Waals surface area contributed by atoms with Crippen LogP contribution >= 0.6 is 0 Å². The third-order valence-electron chi connectivity index (χ3n) is 4.82. The zero-order valence-electron chi connectivity index (χ0n) is 18.5. The Hall–Kier alpha value is -2.76. The van der Waals surface area contributed by atoms with Crippen LogP contribution in [0.3, 0.4) is 0 Å². The highest BCUT2D eigenvalue weighted by molar-refractivity contribution is 7.89. The van der Waals surface area contributed by atoms with Crippen molar-refractivity contribution in [2.45, 2.75) is 45.2 Å². The van der Waals surface area contributed by atoms with Gasteiger partial charge >= 0.3 is 5.91 Å². The standard InChI is InChI=1S/C21H29FN4O5S/c1-5-26(6-2)13-15-11-12-17(31-15)20(27)23-24-21(28)19(14(3)4)25-32(29,30)18-10-8-7-9-16(18)22/h7-12,14,19,25H,5-6,13H2,1-4H3,(H,23,27)(H,24,28)/t19-/m0/s1. The number of furan rings is 1. The molecule has 1 atom stereocenters. The third kappa shape index (κ3) is 6.62. The van der Waals surface area contributed by atoms with Crippen LogP contribution in [0.25, 0.3) is 0 Å². The lowest BCUT2D eigenvalue weighted by molar-refractivity contribution is -0.124. The summed E-state index contributed by atoms with van der Waals surface area (Å²) in [4.78, 5) is 26.4. The number of hydrogen-bond donors (Lipinski definition) is 3. The molecule has 0 bridgehead atoms. The Morgan fingerprint density at radius 3 is 2.31 bits per heavy atom. The Kier molecular flexibility index (Phi) is 8.93. The zero-order chi connectivity index (χ0) is 23.9. The molecule has 2 amide bonds. The molecule has 0 aliphatic heterocycles. The topological polar surface area (TPSA) is 121 Å². The summed E-state index contributed by atoms with van der Waals surface area (Å²) in [6.45, 7) is 9.45. The summed E-state index contributed by atoms with van der Waals surface area (Å²) in [6, 6.07) is 6.75. The molecular formula is C21H29FN4O5S. The Bertz CT molecular complexity index is 1030. The molecule has 0 aliphatic rings. The van der Waals surface area contributed by atoms with Crippen molar-refractivity contribution in [2.24, 2.45) is 5.92 Å². The fraction of sp³-hybridized carbons (Fsp3) is 0.429. The van der Waals surface area contributed by atoms with Crippen molar-refractivity contribution in [3.8, 4) is 0 Å². The van der Waals surface area contributed by atoms with E-state index in [1.807, 2.05) is 13.8 Å². The highest BCUT2D eigenvalue weighted by Gasteiger charge is 2.30. The van der Waals surface area contributed by atoms with Gasteiger partial charge in [0.05, 0.1) is 6.54 Å². The van der Waals surface area contributed by atoms with E-state index in [-0.39, 0.29) is 5.76 Å². The average Bonchev–Trinajstić information content (AvgIpc) is 3.22. The van der Waals surface area contributed by atoms with Crippen molar-refractivity contribution < 1.29 is 26.8 Å². The van der Waals surface area contributed by atoms with Crippen molar-refractivity contribution in [1.82, 2.24) is 20.5 Å². The van der Waals surface area contributed by atoms with E-state index in [2.05, 4.69) is 20.5 Å². The van der Waals surface area contributed by atoms with Crippen molar-refractivity contribution in [3.05, 3.63) is 53.7 Å². The largest absolute Gasteiger partial charge is 0.454 e. The molecule has 0 saturated heterocycles. The Balaban J connectivity index is 2.02. The van der Waals surface area contributed by atoms with E-state index in [0.29, 0.717) is 12.3 Å². The van der Waals surface area contributed by atoms with Crippen LogP contribution in [0.4, 0.5) is 4.39 Å². The fourth-order valence-corrected chi connectivity index (χ4v) is 4.32. The van der Waals surface area contributed by atoms with Crippen LogP contribution in [0.5, 0.6) is 0 Å². The number of nitrogens with one attached hydrogen (secondary N) is 3. The van der Waals surface area contributed by atoms with E-state index in [9.17, 15) is 22.4 Å². The molecule has 0 fully saturated rings. The lowest BCUT2D eigenvalue weighted by Gasteiger charge is -2.21. The van der Waals surface area contributed by atoms with Crippen molar-refractivity contribution in [2.75, 3.05) is 13.1 Å². The predicted octanol–water partition coefficient (Wildman–Crippen LogP) is 2.02. The molecule has 11 heteroatoms. The van der Waals surface area contributed by atoms with Gasteiger partial charge in [-0.15, -0.1) is 0 Å². The van der Waals surface area contributed by atoms with Gasteiger partial charge in [0.1, 0.15) is 22.5 Å². The van der Waals surface area contributed by atoms with Crippen molar-refractivity contribution in [3.63, 3.8) is 0 Å². The van der Waals surface area contributed by atoms with E-state index in [1.54, 1.807) is 19.9 Å². The Morgan fingerprint density at radius 1 is 1.06 bits per heavy atom. The lowest BCUT2D eigenvalue weighted by Crippen LogP contribution is -2.54. The number of sulfonamides is 1. The minimum atomic E-state index is -4.31. The summed E-state index contributed by atoms with van der Waals surface area (Å²) >= 11 is 0. The molecule has 1 aromatic heterocycles. The molecule has 0 unspecified atom stereocenters. The number of rotatable bonds is 10. The second-order valence-electron chi connectivity index (χ2n) is 7.44. The van der Waals surface area contributed by atoms with Gasteiger partial charge in [-0.25, -0.2) is 12.8 Å². The minimum absolute atomic E-state index is 0.000454. The second-order valence-corrected chi connectivity index (χ2v) is 9.13. The smallest absolute Gasteiger partial charge is 0.305 e. The lowest BCUT2D eigenvalue weighted by atomic mass is 10.1. The first-order valence-corrected chi connectivity index (χ1v) is 11.8. The maximum absolute atomic E-state index is 13.9. The number of hydrogen-bond acceptors (Lipinski definition) is 6. The van der Waals surface area contributed by atoms with Gasteiger partial charge in [0, 0.05) is 0 Å². The Morgan fingerprint density at radius 2 is 1.72 bits per heavy atom.